The van der Waals surface area contributed by atoms with E-state index < -0.39 is 28.4 Å². The molecule has 0 spiro atoms. The lowest BCUT2D eigenvalue weighted by Crippen LogP contribution is -2.39. The van der Waals surface area contributed by atoms with Crippen LogP contribution in [0.3, 0.4) is 0 Å². The molecule has 0 saturated carbocycles. The Labute approximate surface area is 143 Å². The number of amides is 2. The molecule has 2 rings (SSSR count). The number of nitrogens with zero attached hydrogens (tertiary/aromatic N) is 1. The van der Waals surface area contributed by atoms with E-state index >= 15 is 0 Å². The average molecular weight is 363 g/mol. The number of rotatable bonds is 5. The van der Waals surface area contributed by atoms with Gasteiger partial charge >= 0.3 is 0 Å². The Morgan fingerprint density at radius 1 is 1.17 bits per heavy atom. The molecule has 0 fully saturated rings. The highest BCUT2D eigenvalue weighted by Gasteiger charge is 2.18. The van der Waals surface area contributed by atoms with Crippen LogP contribution in [-0.2, 0) is 14.8 Å². The molecule has 0 aliphatic rings. The second-order valence-corrected chi connectivity index (χ2v) is 7.73. The minimum atomic E-state index is -4.05. The van der Waals surface area contributed by atoms with Gasteiger partial charge in [-0.2, -0.15) is 5.26 Å². The molecule has 0 unspecified atom stereocenters. The SMILES string of the molecule is Cc1ccc(C(=O)NCC(=O)NS(=O)(=O)c2ccc(C#N)cc2)s1. The largest absolute Gasteiger partial charge is 0.342 e. The molecule has 124 valence electrons. The van der Waals surface area contributed by atoms with E-state index in [0.717, 1.165) is 4.88 Å². The van der Waals surface area contributed by atoms with Crippen LogP contribution in [0.25, 0.3) is 0 Å². The Morgan fingerprint density at radius 3 is 2.38 bits per heavy atom. The maximum absolute atomic E-state index is 12.0. The second-order valence-electron chi connectivity index (χ2n) is 4.76. The number of carbonyl (C=O) groups is 2. The van der Waals surface area contributed by atoms with Crippen LogP contribution in [0.15, 0.2) is 41.3 Å². The summed E-state index contributed by atoms with van der Waals surface area (Å²) in [5.74, 6) is -1.31. The highest BCUT2D eigenvalue weighted by molar-refractivity contribution is 7.90. The van der Waals surface area contributed by atoms with E-state index in [4.69, 9.17) is 5.26 Å². The highest BCUT2D eigenvalue weighted by atomic mass is 32.2. The molecule has 0 saturated heterocycles. The van der Waals surface area contributed by atoms with Crippen LogP contribution < -0.4 is 10.0 Å². The lowest BCUT2D eigenvalue weighted by Gasteiger charge is -2.07. The summed E-state index contributed by atoms with van der Waals surface area (Å²) in [6.45, 7) is 1.38. The number of thiophene rings is 1. The summed E-state index contributed by atoms with van der Waals surface area (Å²) in [6.07, 6.45) is 0. The molecule has 1 heterocycles. The zero-order valence-electron chi connectivity index (χ0n) is 12.6. The molecule has 1 aromatic heterocycles. The Bertz CT molecular complexity index is 909. The monoisotopic (exact) mass is 363 g/mol. The van der Waals surface area contributed by atoms with Gasteiger partial charge in [0.2, 0.25) is 0 Å². The van der Waals surface area contributed by atoms with Gasteiger partial charge in [-0.25, -0.2) is 13.1 Å². The number of nitriles is 1. The molecular formula is C15H13N3O4S2. The number of carbonyl (C=O) groups excluding carboxylic acids is 2. The standard InChI is InChI=1S/C15H13N3O4S2/c1-10-2-7-13(23-10)15(20)17-9-14(19)18-24(21,22)12-5-3-11(8-16)4-6-12/h2-7H,9H2,1H3,(H,17,20)(H,18,19). The van der Waals surface area contributed by atoms with Gasteiger partial charge in [0.05, 0.1) is 28.0 Å². The zero-order valence-corrected chi connectivity index (χ0v) is 14.2. The topological polar surface area (TPSA) is 116 Å². The number of sulfonamides is 1. The maximum Gasteiger partial charge on any atom is 0.264 e. The lowest BCUT2D eigenvalue weighted by atomic mass is 10.2. The van der Waals surface area contributed by atoms with Crippen molar-refractivity contribution in [2.75, 3.05) is 6.54 Å². The summed E-state index contributed by atoms with van der Waals surface area (Å²) < 4.78 is 25.9. The van der Waals surface area contributed by atoms with Crippen molar-refractivity contribution in [1.82, 2.24) is 10.0 Å². The van der Waals surface area contributed by atoms with Gasteiger partial charge in [-0.1, -0.05) is 0 Å². The van der Waals surface area contributed by atoms with E-state index in [1.807, 2.05) is 17.7 Å². The fourth-order valence-corrected chi connectivity index (χ4v) is 3.53. The number of nitrogens with one attached hydrogen (secondary N) is 2. The first-order chi connectivity index (χ1) is 11.3. The van der Waals surface area contributed by atoms with Gasteiger partial charge in [0, 0.05) is 4.88 Å². The molecular weight excluding hydrogens is 350 g/mol. The van der Waals surface area contributed by atoms with Gasteiger partial charge in [-0.3, -0.25) is 9.59 Å². The summed E-state index contributed by atoms with van der Waals surface area (Å²) in [4.78, 5) is 24.8. The van der Waals surface area contributed by atoms with E-state index in [2.05, 4.69) is 5.32 Å². The molecule has 0 atom stereocenters. The normalized spacial score (nSPS) is 10.7. The first-order valence-corrected chi connectivity index (χ1v) is 9.02. The van der Waals surface area contributed by atoms with Crippen LogP contribution in [0.1, 0.15) is 20.1 Å². The Balaban J connectivity index is 1.95. The molecule has 2 N–H and O–H groups in total. The predicted molar refractivity (Wildman–Crippen MR) is 87.9 cm³/mol. The van der Waals surface area contributed by atoms with Crippen LogP contribution in [0.2, 0.25) is 0 Å². The summed E-state index contributed by atoms with van der Waals surface area (Å²) in [5, 5.41) is 11.0. The molecule has 2 aromatic rings. The molecule has 0 aliphatic carbocycles. The molecule has 24 heavy (non-hydrogen) atoms. The first kappa shape index (κ1) is 17.7. The minimum Gasteiger partial charge on any atom is -0.342 e. The third-order valence-corrected chi connectivity index (χ3v) is 5.30. The Morgan fingerprint density at radius 2 is 1.83 bits per heavy atom. The zero-order chi connectivity index (χ0) is 17.7. The third kappa shape index (κ3) is 4.41. The average Bonchev–Trinajstić information content (AvgIpc) is 2.99. The van der Waals surface area contributed by atoms with Crippen molar-refractivity contribution < 1.29 is 18.0 Å². The van der Waals surface area contributed by atoms with Crippen molar-refractivity contribution in [2.45, 2.75) is 11.8 Å². The Hall–Kier alpha value is -2.70. The molecule has 0 bridgehead atoms. The molecule has 1 aromatic carbocycles. The van der Waals surface area contributed by atoms with Crippen molar-refractivity contribution in [1.29, 1.82) is 5.26 Å². The fraction of sp³-hybridized carbons (Fsp3) is 0.133. The summed E-state index contributed by atoms with van der Waals surface area (Å²) in [5.41, 5.74) is 0.304. The van der Waals surface area contributed by atoms with E-state index in [9.17, 15) is 18.0 Å². The van der Waals surface area contributed by atoms with E-state index in [1.165, 1.54) is 35.6 Å². The maximum atomic E-state index is 12.0. The third-order valence-electron chi connectivity index (χ3n) is 2.92. The summed E-state index contributed by atoms with van der Waals surface area (Å²) in [7, 11) is -4.05. The molecule has 2 amide bonds. The minimum absolute atomic E-state index is 0.143. The number of benzene rings is 1. The van der Waals surface area contributed by atoms with Gasteiger partial charge in [0.1, 0.15) is 0 Å². The Kier molecular flexibility index (Phi) is 5.33. The van der Waals surface area contributed by atoms with Crippen molar-refractivity contribution in [3.8, 4) is 6.07 Å². The van der Waals surface area contributed by atoms with Crippen molar-refractivity contribution in [3.05, 3.63) is 51.7 Å². The van der Waals surface area contributed by atoms with Gasteiger partial charge in [0.25, 0.3) is 21.8 Å². The van der Waals surface area contributed by atoms with Gasteiger partial charge in [-0.05, 0) is 43.3 Å². The second kappa shape index (κ2) is 7.25. The van der Waals surface area contributed by atoms with Gasteiger partial charge in [0.15, 0.2) is 0 Å². The molecule has 7 nitrogen and oxygen atoms in total. The van der Waals surface area contributed by atoms with Crippen LogP contribution in [0.5, 0.6) is 0 Å². The van der Waals surface area contributed by atoms with E-state index in [0.29, 0.717) is 10.4 Å². The first-order valence-electron chi connectivity index (χ1n) is 6.72. The summed E-state index contributed by atoms with van der Waals surface area (Å²) >= 11 is 1.27. The number of hydrogen-bond donors (Lipinski definition) is 2. The van der Waals surface area contributed by atoms with Crippen LogP contribution in [-0.4, -0.2) is 26.8 Å². The predicted octanol–water partition coefficient (Wildman–Crippen LogP) is 1.16. The fourth-order valence-electron chi connectivity index (χ4n) is 1.76. The van der Waals surface area contributed by atoms with E-state index in [-0.39, 0.29) is 4.90 Å². The van der Waals surface area contributed by atoms with Crippen LogP contribution in [0, 0.1) is 18.3 Å². The lowest BCUT2D eigenvalue weighted by molar-refractivity contribution is -0.118. The quantitative estimate of drug-likeness (QED) is 0.827. The van der Waals surface area contributed by atoms with Crippen LogP contribution >= 0.6 is 11.3 Å². The molecule has 0 radical (unpaired) electrons. The van der Waals surface area contributed by atoms with E-state index in [1.54, 1.807) is 12.1 Å². The van der Waals surface area contributed by atoms with Gasteiger partial charge < -0.3 is 5.32 Å². The van der Waals surface area contributed by atoms with Gasteiger partial charge in [-0.15, -0.1) is 11.3 Å². The molecule has 0 aliphatic heterocycles. The highest BCUT2D eigenvalue weighted by Crippen LogP contribution is 2.14. The number of aryl methyl sites for hydroxylation is 1. The van der Waals surface area contributed by atoms with Crippen molar-refractivity contribution >= 4 is 33.2 Å². The number of hydrogen-bond acceptors (Lipinski definition) is 6. The van der Waals surface area contributed by atoms with Crippen LogP contribution in [0.4, 0.5) is 0 Å². The van der Waals surface area contributed by atoms with Crippen molar-refractivity contribution in [3.63, 3.8) is 0 Å². The summed E-state index contributed by atoms with van der Waals surface area (Å²) in [6, 6.07) is 10.4. The van der Waals surface area contributed by atoms with Crippen molar-refractivity contribution in [2.24, 2.45) is 0 Å². The smallest absolute Gasteiger partial charge is 0.264 e. The molecule has 9 heteroatoms.